The minimum Gasteiger partial charge on any atom is -0.456 e. The van der Waals surface area contributed by atoms with E-state index in [9.17, 15) is 13.2 Å². The molecular weight excluding hydrogens is 335 g/mol. The number of ether oxygens (including phenoxy) is 1. The summed E-state index contributed by atoms with van der Waals surface area (Å²) >= 11 is 3.14. The van der Waals surface area contributed by atoms with Crippen LogP contribution in [0.5, 0.6) is 11.5 Å². The van der Waals surface area contributed by atoms with Crippen LogP contribution in [0.1, 0.15) is 11.1 Å². The number of halogens is 4. The Morgan fingerprint density at radius 2 is 1.75 bits per heavy atom. The first-order valence-corrected chi connectivity index (χ1v) is 6.47. The molecule has 0 saturated carbocycles. The van der Waals surface area contributed by atoms with Crippen LogP contribution in [-0.4, -0.2) is 0 Å². The van der Waals surface area contributed by atoms with Gasteiger partial charge in [-0.2, -0.15) is 13.2 Å². The quantitative estimate of drug-likeness (QED) is 0.763. The molecule has 2 aromatic carbocycles. The van der Waals surface area contributed by atoms with Gasteiger partial charge in [-0.1, -0.05) is 22.0 Å². The molecule has 2 rings (SSSR count). The van der Waals surface area contributed by atoms with E-state index in [1.54, 1.807) is 19.1 Å². The predicted octanol–water partition coefficient (Wildman–Crippen LogP) is 5.15. The lowest BCUT2D eigenvalue weighted by Crippen LogP contribution is -2.07. The molecule has 0 unspecified atom stereocenters. The average molecular weight is 346 g/mol. The first kappa shape index (κ1) is 14.7. The van der Waals surface area contributed by atoms with Crippen LogP contribution in [0.3, 0.4) is 0 Å². The summed E-state index contributed by atoms with van der Waals surface area (Å²) in [4.78, 5) is 0. The molecule has 0 aliphatic rings. The van der Waals surface area contributed by atoms with Crippen molar-refractivity contribution >= 4 is 21.6 Å². The van der Waals surface area contributed by atoms with Crippen molar-refractivity contribution in [3.63, 3.8) is 0 Å². The molecule has 106 valence electrons. The van der Waals surface area contributed by atoms with Crippen LogP contribution in [-0.2, 0) is 6.18 Å². The van der Waals surface area contributed by atoms with Crippen molar-refractivity contribution in [3.8, 4) is 11.5 Å². The maximum absolute atomic E-state index is 12.9. The van der Waals surface area contributed by atoms with Crippen molar-refractivity contribution in [1.29, 1.82) is 0 Å². The second-order valence-corrected chi connectivity index (χ2v) is 5.18. The summed E-state index contributed by atoms with van der Waals surface area (Å²) in [6, 6.07) is 8.43. The van der Waals surface area contributed by atoms with Gasteiger partial charge in [-0.05, 0) is 36.8 Å². The maximum Gasteiger partial charge on any atom is 0.419 e. The first-order valence-electron chi connectivity index (χ1n) is 5.68. The van der Waals surface area contributed by atoms with Gasteiger partial charge in [0, 0.05) is 16.2 Å². The van der Waals surface area contributed by atoms with Gasteiger partial charge in [-0.3, -0.25) is 0 Å². The summed E-state index contributed by atoms with van der Waals surface area (Å²) in [6.07, 6.45) is -4.48. The van der Waals surface area contributed by atoms with Crippen molar-refractivity contribution < 1.29 is 17.9 Å². The number of anilines is 1. The van der Waals surface area contributed by atoms with Crippen LogP contribution in [0.4, 0.5) is 18.9 Å². The highest BCUT2D eigenvalue weighted by Crippen LogP contribution is 2.40. The molecule has 0 aromatic heterocycles. The maximum atomic E-state index is 12.9. The lowest BCUT2D eigenvalue weighted by Gasteiger charge is -2.15. The summed E-state index contributed by atoms with van der Waals surface area (Å²) in [5.41, 5.74) is 5.92. The molecule has 0 spiro atoms. The van der Waals surface area contributed by atoms with E-state index in [-0.39, 0.29) is 5.75 Å². The van der Waals surface area contributed by atoms with E-state index < -0.39 is 11.7 Å². The molecule has 0 aliphatic carbocycles. The average Bonchev–Trinajstić information content (AvgIpc) is 2.32. The molecule has 2 nitrogen and oxygen atoms in total. The van der Waals surface area contributed by atoms with E-state index in [1.807, 2.05) is 0 Å². The van der Waals surface area contributed by atoms with Gasteiger partial charge < -0.3 is 10.5 Å². The third-order valence-corrected chi connectivity index (χ3v) is 3.17. The van der Waals surface area contributed by atoms with Gasteiger partial charge in [0.1, 0.15) is 11.5 Å². The number of aryl methyl sites for hydroxylation is 1. The largest absolute Gasteiger partial charge is 0.456 e. The van der Waals surface area contributed by atoms with Crippen LogP contribution in [0.25, 0.3) is 0 Å². The van der Waals surface area contributed by atoms with Gasteiger partial charge in [0.05, 0.1) is 5.56 Å². The fourth-order valence-electron chi connectivity index (χ4n) is 1.66. The van der Waals surface area contributed by atoms with Gasteiger partial charge >= 0.3 is 6.18 Å². The van der Waals surface area contributed by atoms with Crippen molar-refractivity contribution in [1.82, 2.24) is 0 Å². The third-order valence-electron chi connectivity index (χ3n) is 2.68. The zero-order valence-electron chi connectivity index (χ0n) is 10.5. The van der Waals surface area contributed by atoms with E-state index in [2.05, 4.69) is 15.9 Å². The number of nitrogens with two attached hydrogens (primary N) is 1. The highest BCUT2D eigenvalue weighted by Gasteiger charge is 2.34. The van der Waals surface area contributed by atoms with Crippen LogP contribution in [0.2, 0.25) is 0 Å². The van der Waals surface area contributed by atoms with Gasteiger partial charge in [-0.15, -0.1) is 0 Å². The van der Waals surface area contributed by atoms with Gasteiger partial charge in [-0.25, -0.2) is 0 Å². The first-order chi connectivity index (χ1) is 9.27. The van der Waals surface area contributed by atoms with E-state index in [1.165, 1.54) is 18.2 Å². The standard InChI is InChI=1S/C14H11BrF3NO/c1-8-2-4-10(19)7-12(8)20-13-6-9(15)3-5-11(13)14(16,17)18/h2-7H,19H2,1H3. The van der Waals surface area contributed by atoms with Crippen LogP contribution in [0, 0.1) is 6.92 Å². The SMILES string of the molecule is Cc1ccc(N)cc1Oc1cc(Br)ccc1C(F)(F)F. The van der Waals surface area contributed by atoms with Gasteiger partial charge in [0.2, 0.25) is 0 Å². The van der Waals surface area contributed by atoms with Crippen molar-refractivity contribution in [3.05, 3.63) is 52.0 Å². The molecule has 0 saturated heterocycles. The number of rotatable bonds is 2. The Balaban J connectivity index is 2.47. The molecule has 0 atom stereocenters. The lowest BCUT2D eigenvalue weighted by atomic mass is 10.1. The van der Waals surface area contributed by atoms with E-state index in [0.29, 0.717) is 21.5 Å². The topological polar surface area (TPSA) is 35.2 Å². The molecule has 0 amide bonds. The molecule has 0 radical (unpaired) electrons. The summed E-state index contributed by atoms with van der Waals surface area (Å²) in [5.74, 6) is 0.0363. The van der Waals surface area contributed by atoms with Gasteiger partial charge in [0.15, 0.2) is 0 Å². The third kappa shape index (κ3) is 3.25. The number of benzene rings is 2. The van der Waals surface area contributed by atoms with E-state index in [0.717, 1.165) is 6.07 Å². The fourth-order valence-corrected chi connectivity index (χ4v) is 2.00. The van der Waals surface area contributed by atoms with Crippen molar-refractivity contribution in [2.24, 2.45) is 0 Å². The minimum atomic E-state index is -4.48. The minimum absolute atomic E-state index is 0.263. The fraction of sp³-hybridized carbons (Fsp3) is 0.143. The Hall–Kier alpha value is -1.69. The predicted molar refractivity (Wildman–Crippen MR) is 74.8 cm³/mol. The molecule has 2 aromatic rings. The Morgan fingerprint density at radius 3 is 2.40 bits per heavy atom. The van der Waals surface area contributed by atoms with E-state index in [4.69, 9.17) is 10.5 Å². The number of hydrogen-bond acceptors (Lipinski definition) is 2. The van der Waals surface area contributed by atoms with Crippen molar-refractivity contribution in [2.75, 3.05) is 5.73 Å². The molecule has 6 heteroatoms. The second-order valence-electron chi connectivity index (χ2n) is 4.27. The molecule has 0 heterocycles. The monoisotopic (exact) mass is 345 g/mol. The highest BCUT2D eigenvalue weighted by atomic mass is 79.9. The summed E-state index contributed by atoms with van der Waals surface area (Å²) in [6.45, 7) is 1.74. The molecule has 20 heavy (non-hydrogen) atoms. The number of alkyl halides is 3. The van der Waals surface area contributed by atoms with Crippen molar-refractivity contribution in [2.45, 2.75) is 13.1 Å². The lowest BCUT2D eigenvalue weighted by molar-refractivity contribution is -0.138. The Bertz CT molecular complexity index is 641. The normalized spacial score (nSPS) is 11.4. The Kier molecular flexibility index (Phi) is 3.94. The molecule has 0 aliphatic heterocycles. The molecule has 0 fully saturated rings. The smallest absolute Gasteiger partial charge is 0.419 e. The summed E-state index contributed by atoms with van der Waals surface area (Å²) < 4.78 is 44.7. The van der Waals surface area contributed by atoms with Gasteiger partial charge in [0.25, 0.3) is 0 Å². The zero-order chi connectivity index (χ0) is 14.9. The van der Waals surface area contributed by atoms with E-state index >= 15 is 0 Å². The molecule has 2 N–H and O–H groups in total. The highest BCUT2D eigenvalue weighted by molar-refractivity contribution is 9.10. The van der Waals surface area contributed by atoms with Crippen LogP contribution in [0.15, 0.2) is 40.9 Å². The van der Waals surface area contributed by atoms with Crippen LogP contribution < -0.4 is 10.5 Å². The number of nitrogen functional groups attached to an aromatic ring is 1. The Morgan fingerprint density at radius 1 is 1.05 bits per heavy atom. The molecular formula is C14H11BrF3NO. The Labute approximate surface area is 122 Å². The second kappa shape index (κ2) is 5.36. The summed E-state index contributed by atoms with van der Waals surface area (Å²) in [7, 11) is 0. The number of hydrogen-bond donors (Lipinski definition) is 1. The van der Waals surface area contributed by atoms with Crippen LogP contribution >= 0.6 is 15.9 Å². The zero-order valence-corrected chi connectivity index (χ0v) is 12.0. The summed E-state index contributed by atoms with van der Waals surface area (Å²) in [5, 5.41) is 0. The molecule has 0 bridgehead atoms.